The minimum Gasteiger partial charge on any atom is -0.293 e. The number of hydrogen-bond donors (Lipinski definition) is 0. The van der Waals surface area contributed by atoms with E-state index < -0.39 is 0 Å². The summed E-state index contributed by atoms with van der Waals surface area (Å²) in [6, 6.07) is 6.87. The maximum absolute atomic E-state index is 12.6. The molecular formula is C10H11FN2. The number of nitrogens with zero attached hydrogens (tertiary/aromatic N) is 2. The van der Waals surface area contributed by atoms with Crippen LogP contribution in [0.1, 0.15) is 18.0 Å². The first-order chi connectivity index (χ1) is 6.27. The van der Waals surface area contributed by atoms with Gasteiger partial charge in [-0.25, -0.2) is 4.39 Å². The second-order valence-electron chi connectivity index (χ2n) is 3.17. The highest BCUT2D eigenvalue weighted by molar-refractivity contribution is 5.60. The van der Waals surface area contributed by atoms with Gasteiger partial charge in [-0.1, -0.05) is 12.1 Å². The third-order valence-corrected chi connectivity index (χ3v) is 2.30. The first-order valence-corrected chi connectivity index (χ1v) is 4.28. The normalized spacial score (nSPS) is 21.1. The van der Waals surface area contributed by atoms with Crippen molar-refractivity contribution in [3.8, 4) is 0 Å². The fourth-order valence-electron chi connectivity index (χ4n) is 1.55. The maximum Gasteiger partial charge on any atom is 0.123 e. The summed E-state index contributed by atoms with van der Waals surface area (Å²) in [6.45, 7) is 0. The van der Waals surface area contributed by atoms with E-state index in [2.05, 4.69) is 5.10 Å². The second-order valence-corrected chi connectivity index (χ2v) is 3.17. The molecule has 0 radical (unpaired) electrons. The van der Waals surface area contributed by atoms with Crippen molar-refractivity contribution in [2.45, 2.75) is 12.5 Å². The van der Waals surface area contributed by atoms with E-state index in [9.17, 15) is 4.39 Å². The van der Waals surface area contributed by atoms with Crippen molar-refractivity contribution < 1.29 is 4.39 Å². The number of hydrazone groups is 1. The molecule has 68 valence electrons. The first-order valence-electron chi connectivity index (χ1n) is 4.28. The minimum absolute atomic E-state index is 0.190. The van der Waals surface area contributed by atoms with E-state index in [1.807, 2.05) is 30.4 Å². The molecule has 2 rings (SSSR count). The Hall–Kier alpha value is -1.38. The highest BCUT2D eigenvalue weighted by Crippen LogP contribution is 2.25. The fraction of sp³-hybridized carbons (Fsp3) is 0.300. The molecule has 1 aromatic rings. The van der Waals surface area contributed by atoms with Gasteiger partial charge in [-0.15, -0.1) is 0 Å². The lowest BCUT2D eigenvalue weighted by Gasteiger charge is -2.18. The first kappa shape index (κ1) is 8.23. The highest BCUT2D eigenvalue weighted by Gasteiger charge is 2.18. The Labute approximate surface area is 76.7 Å². The Kier molecular flexibility index (Phi) is 2.00. The van der Waals surface area contributed by atoms with E-state index in [0.29, 0.717) is 0 Å². The highest BCUT2D eigenvalue weighted by atomic mass is 19.1. The number of benzene rings is 1. The Balaban J connectivity index is 2.21. The molecule has 0 saturated carbocycles. The van der Waals surface area contributed by atoms with Crippen LogP contribution in [-0.2, 0) is 0 Å². The van der Waals surface area contributed by atoms with Crippen LogP contribution in [0, 0.1) is 5.82 Å². The lowest BCUT2D eigenvalue weighted by atomic mass is 10.1. The molecule has 1 aromatic carbocycles. The zero-order valence-electron chi connectivity index (χ0n) is 7.44. The number of hydrogen-bond acceptors (Lipinski definition) is 2. The van der Waals surface area contributed by atoms with Crippen LogP contribution in [0.25, 0.3) is 0 Å². The van der Waals surface area contributed by atoms with Crippen LogP contribution >= 0.6 is 0 Å². The maximum atomic E-state index is 12.6. The monoisotopic (exact) mass is 178 g/mol. The van der Waals surface area contributed by atoms with E-state index >= 15 is 0 Å². The van der Waals surface area contributed by atoms with Crippen molar-refractivity contribution in [3.05, 3.63) is 35.6 Å². The minimum atomic E-state index is -0.190. The van der Waals surface area contributed by atoms with Crippen molar-refractivity contribution in [2.75, 3.05) is 7.05 Å². The molecule has 1 aliphatic rings. The van der Waals surface area contributed by atoms with Gasteiger partial charge in [0.2, 0.25) is 0 Å². The summed E-state index contributed by atoms with van der Waals surface area (Å²) < 4.78 is 12.6. The zero-order valence-corrected chi connectivity index (χ0v) is 7.44. The van der Waals surface area contributed by atoms with Gasteiger partial charge in [-0.2, -0.15) is 5.10 Å². The molecule has 0 bridgehead atoms. The molecule has 0 saturated heterocycles. The SMILES string of the molecule is CN1N=CCC1c1ccc(F)cc1. The third kappa shape index (κ3) is 1.54. The van der Waals surface area contributed by atoms with Crippen molar-refractivity contribution in [3.63, 3.8) is 0 Å². The van der Waals surface area contributed by atoms with E-state index in [1.165, 1.54) is 12.1 Å². The van der Waals surface area contributed by atoms with E-state index in [0.717, 1.165) is 12.0 Å². The molecule has 13 heavy (non-hydrogen) atoms. The fourth-order valence-corrected chi connectivity index (χ4v) is 1.55. The summed E-state index contributed by atoms with van der Waals surface area (Å²) >= 11 is 0. The van der Waals surface area contributed by atoms with Gasteiger partial charge in [0.1, 0.15) is 5.82 Å². The van der Waals surface area contributed by atoms with Crippen LogP contribution in [0.5, 0.6) is 0 Å². The standard InChI is InChI=1S/C10H11FN2/c1-13-10(6-7-12-13)8-2-4-9(11)5-3-8/h2-5,7,10H,6H2,1H3. The van der Waals surface area contributed by atoms with Crippen LogP contribution in [0.2, 0.25) is 0 Å². The van der Waals surface area contributed by atoms with Crippen LogP contribution < -0.4 is 0 Å². The van der Waals surface area contributed by atoms with Gasteiger partial charge < -0.3 is 0 Å². The number of rotatable bonds is 1. The van der Waals surface area contributed by atoms with E-state index in [4.69, 9.17) is 0 Å². The second kappa shape index (κ2) is 3.17. The average Bonchev–Trinajstić information content (AvgIpc) is 2.53. The molecule has 0 spiro atoms. The Morgan fingerprint density at radius 2 is 2.08 bits per heavy atom. The van der Waals surface area contributed by atoms with E-state index in [1.54, 1.807) is 0 Å². The Morgan fingerprint density at radius 1 is 1.38 bits per heavy atom. The molecule has 1 atom stereocenters. The summed E-state index contributed by atoms with van der Waals surface area (Å²) in [7, 11) is 1.93. The smallest absolute Gasteiger partial charge is 0.123 e. The van der Waals surface area contributed by atoms with Crippen LogP contribution in [0.15, 0.2) is 29.4 Å². The van der Waals surface area contributed by atoms with Gasteiger partial charge in [-0.3, -0.25) is 5.01 Å². The van der Waals surface area contributed by atoms with Crippen LogP contribution in [-0.4, -0.2) is 18.3 Å². The summed E-state index contributed by atoms with van der Waals surface area (Å²) in [5.74, 6) is -0.190. The molecule has 2 nitrogen and oxygen atoms in total. The molecule has 0 N–H and O–H groups in total. The van der Waals surface area contributed by atoms with Gasteiger partial charge in [0.15, 0.2) is 0 Å². The van der Waals surface area contributed by atoms with Crippen LogP contribution in [0.3, 0.4) is 0 Å². The molecule has 1 aliphatic heterocycles. The quantitative estimate of drug-likeness (QED) is 0.643. The summed E-state index contributed by atoms with van der Waals surface area (Å²) in [5.41, 5.74) is 1.11. The lowest BCUT2D eigenvalue weighted by Crippen LogP contribution is -2.13. The topological polar surface area (TPSA) is 15.6 Å². The molecule has 0 aliphatic carbocycles. The lowest BCUT2D eigenvalue weighted by molar-refractivity contribution is 0.290. The molecular weight excluding hydrogens is 167 g/mol. The summed E-state index contributed by atoms with van der Waals surface area (Å²) in [4.78, 5) is 0. The number of halogens is 1. The van der Waals surface area contributed by atoms with Crippen molar-refractivity contribution in [1.29, 1.82) is 0 Å². The van der Waals surface area contributed by atoms with Crippen molar-refractivity contribution in [1.82, 2.24) is 5.01 Å². The van der Waals surface area contributed by atoms with Gasteiger partial charge >= 0.3 is 0 Å². The van der Waals surface area contributed by atoms with Crippen molar-refractivity contribution >= 4 is 6.21 Å². The largest absolute Gasteiger partial charge is 0.293 e. The van der Waals surface area contributed by atoms with Gasteiger partial charge in [0.05, 0.1) is 6.04 Å². The molecule has 0 aromatic heterocycles. The molecule has 0 amide bonds. The summed E-state index contributed by atoms with van der Waals surface area (Å²) in [6.07, 6.45) is 2.79. The average molecular weight is 178 g/mol. The van der Waals surface area contributed by atoms with Gasteiger partial charge in [-0.05, 0) is 17.7 Å². The molecule has 0 fully saturated rings. The van der Waals surface area contributed by atoms with Gasteiger partial charge in [0.25, 0.3) is 0 Å². The Morgan fingerprint density at radius 3 is 2.62 bits per heavy atom. The predicted octanol–water partition coefficient (Wildman–Crippen LogP) is 2.19. The molecule has 3 heteroatoms. The third-order valence-electron chi connectivity index (χ3n) is 2.30. The molecule has 1 unspecified atom stereocenters. The summed E-state index contributed by atoms with van der Waals surface area (Å²) in [5, 5.41) is 6.03. The van der Waals surface area contributed by atoms with Crippen molar-refractivity contribution in [2.24, 2.45) is 5.10 Å². The molecule has 1 heterocycles. The van der Waals surface area contributed by atoms with Crippen LogP contribution in [0.4, 0.5) is 4.39 Å². The Bertz CT molecular complexity index is 318. The predicted molar refractivity (Wildman–Crippen MR) is 50.0 cm³/mol. The van der Waals surface area contributed by atoms with Gasteiger partial charge in [0, 0.05) is 19.7 Å². The zero-order chi connectivity index (χ0) is 9.26. The van der Waals surface area contributed by atoms with E-state index in [-0.39, 0.29) is 11.9 Å².